The minimum Gasteiger partial charge on any atom is -0.478 e. The quantitative estimate of drug-likeness (QED) is 0.405. The van der Waals surface area contributed by atoms with Crippen LogP contribution < -0.4 is 14.2 Å². The normalized spacial score (nSPS) is 18.9. The van der Waals surface area contributed by atoms with E-state index >= 15 is 0 Å². The summed E-state index contributed by atoms with van der Waals surface area (Å²) >= 11 is 3.53. The Labute approximate surface area is 205 Å². The van der Waals surface area contributed by atoms with Gasteiger partial charge in [0.1, 0.15) is 24.0 Å². The maximum absolute atomic E-state index is 13.3. The zero-order valence-corrected chi connectivity index (χ0v) is 20.1. The van der Waals surface area contributed by atoms with Crippen LogP contribution in [-0.2, 0) is 17.9 Å². The van der Waals surface area contributed by atoms with E-state index in [1.165, 1.54) is 5.56 Å². The lowest BCUT2D eigenvalue weighted by atomic mass is 10.0. The van der Waals surface area contributed by atoms with Crippen molar-refractivity contribution in [3.63, 3.8) is 0 Å². The number of hydrogen-bond donors (Lipinski definition) is 0. The van der Waals surface area contributed by atoms with E-state index in [1.807, 2.05) is 36.4 Å². The molecule has 0 aromatic heterocycles. The van der Waals surface area contributed by atoms with Gasteiger partial charge in [-0.15, -0.1) is 0 Å². The first-order valence-corrected chi connectivity index (χ1v) is 11.9. The van der Waals surface area contributed by atoms with Gasteiger partial charge in [0.2, 0.25) is 5.78 Å². The van der Waals surface area contributed by atoms with Gasteiger partial charge in [-0.1, -0.05) is 46.3 Å². The molecule has 3 aliphatic heterocycles. The third kappa shape index (κ3) is 3.70. The molecule has 0 aliphatic carbocycles. The van der Waals surface area contributed by atoms with Crippen molar-refractivity contribution in [2.24, 2.45) is 0 Å². The molecule has 0 fully saturated rings. The Bertz CT molecular complexity index is 1320. The Hall–Kier alpha value is -3.13. The van der Waals surface area contributed by atoms with E-state index < -0.39 is 0 Å². The van der Waals surface area contributed by atoms with Crippen LogP contribution in [0.5, 0.6) is 17.2 Å². The predicted octanol–water partition coefficient (Wildman–Crippen LogP) is 5.84. The molecule has 0 amide bonds. The molecule has 0 spiro atoms. The standard InChI is InChI=1S/C27H22BrNO5/c1-16(17-5-3-2-4-6-17)29-12-22-23(32-14-29)8-7-21-25(30)24(34-27(21)22)11-18-9-20(28)10-19-13-31-15-33-26(18)19/h2-11,16H,12-15H2,1H3/b24-11-. The lowest BCUT2D eigenvalue weighted by molar-refractivity contribution is -0.0165. The van der Waals surface area contributed by atoms with Crippen molar-refractivity contribution in [1.29, 1.82) is 0 Å². The molecule has 3 aromatic rings. The number of carbonyl (C=O) groups excluding carboxylic acids is 1. The second-order valence-corrected chi connectivity index (χ2v) is 9.48. The van der Waals surface area contributed by atoms with E-state index in [0.29, 0.717) is 36.9 Å². The highest BCUT2D eigenvalue weighted by atomic mass is 79.9. The van der Waals surface area contributed by atoms with E-state index in [2.05, 4.69) is 39.9 Å². The van der Waals surface area contributed by atoms with Crippen molar-refractivity contribution in [1.82, 2.24) is 4.90 Å². The van der Waals surface area contributed by atoms with E-state index in [-0.39, 0.29) is 24.4 Å². The lowest BCUT2D eigenvalue weighted by Crippen LogP contribution is -2.34. The fourth-order valence-electron chi connectivity index (χ4n) is 4.62. The van der Waals surface area contributed by atoms with Gasteiger partial charge in [-0.3, -0.25) is 9.69 Å². The van der Waals surface area contributed by atoms with Crippen molar-refractivity contribution in [2.75, 3.05) is 13.5 Å². The van der Waals surface area contributed by atoms with Crippen molar-refractivity contribution >= 4 is 27.8 Å². The van der Waals surface area contributed by atoms with Crippen molar-refractivity contribution in [3.05, 3.63) is 92.6 Å². The predicted molar refractivity (Wildman–Crippen MR) is 130 cm³/mol. The summed E-state index contributed by atoms with van der Waals surface area (Å²) in [7, 11) is 0. The number of allylic oxidation sites excluding steroid dienone is 1. The molecule has 172 valence electrons. The number of carbonyl (C=O) groups is 1. The molecule has 0 radical (unpaired) electrons. The SMILES string of the molecule is CC(c1ccccc1)N1COc2ccc3c(c2C1)O/C(=C\c1cc(Br)cc2c1OCOC2)C3=O. The summed E-state index contributed by atoms with van der Waals surface area (Å²) in [6.45, 7) is 3.90. The molecule has 0 saturated heterocycles. The van der Waals surface area contributed by atoms with Gasteiger partial charge in [-0.25, -0.2) is 0 Å². The van der Waals surface area contributed by atoms with Crippen LogP contribution in [0.4, 0.5) is 0 Å². The highest BCUT2D eigenvalue weighted by Crippen LogP contribution is 2.44. The maximum atomic E-state index is 13.3. The molecule has 0 N–H and O–H groups in total. The first-order chi connectivity index (χ1) is 16.6. The summed E-state index contributed by atoms with van der Waals surface area (Å²) in [6.07, 6.45) is 1.75. The smallest absolute Gasteiger partial charge is 0.231 e. The van der Waals surface area contributed by atoms with E-state index in [9.17, 15) is 4.79 Å². The summed E-state index contributed by atoms with van der Waals surface area (Å²) in [5, 5.41) is 0. The van der Waals surface area contributed by atoms with Crippen LogP contribution in [0.25, 0.3) is 6.08 Å². The van der Waals surface area contributed by atoms with Crippen LogP contribution in [0.2, 0.25) is 0 Å². The molecule has 0 bridgehead atoms. The Morgan fingerprint density at radius 2 is 1.91 bits per heavy atom. The van der Waals surface area contributed by atoms with Gasteiger partial charge in [0, 0.05) is 28.2 Å². The average Bonchev–Trinajstić information content (AvgIpc) is 3.19. The van der Waals surface area contributed by atoms with Crippen molar-refractivity contribution < 1.29 is 23.7 Å². The van der Waals surface area contributed by atoms with Crippen LogP contribution in [-0.4, -0.2) is 24.2 Å². The van der Waals surface area contributed by atoms with Gasteiger partial charge in [0.25, 0.3) is 0 Å². The lowest BCUT2D eigenvalue weighted by Gasteiger charge is -2.34. The Morgan fingerprint density at radius 1 is 1.06 bits per heavy atom. The number of fused-ring (bicyclic) bond motifs is 4. The number of benzene rings is 3. The Kier molecular flexibility index (Phi) is 5.40. The summed E-state index contributed by atoms with van der Waals surface area (Å²) < 4.78 is 24.2. The number of nitrogens with zero attached hydrogens (tertiary/aromatic N) is 1. The zero-order valence-electron chi connectivity index (χ0n) is 18.5. The molecule has 0 saturated carbocycles. The van der Waals surface area contributed by atoms with Crippen LogP contribution in [0.15, 0.2) is 64.8 Å². The second kappa shape index (κ2) is 8.58. The monoisotopic (exact) mass is 519 g/mol. The van der Waals surface area contributed by atoms with Gasteiger partial charge >= 0.3 is 0 Å². The number of Topliss-reactive ketones (excluding diaryl/α,β-unsaturated/α-hetero) is 1. The number of rotatable bonds is 3. The van der Waals surface area contributed by atoms with E-state index in [1.54, 1.807) is 12.1 Å². The molecule has 1 atom stereocenters. The van der Waals surface area contributed by atoms with Gasteiger partial charge in [0.05, 0.1) is 17.7 Å². The summed E-state index contributed by atoms with van der Waals surface area (Å²) in [6, 6.07) is 18.0. The van der Waals surface area contributed by atoms with Gasteiger partial charge < -0.3 is 18.9 Å². The third-order valence-corrected chi connectivity index (χ3v) is 6.92. The van der Waals surface area contributed by atoms with Crippen molar-refractivity contribution in [3.8, 4) is 17.2 Å². The highest BCUT2D eigenvalue weighted by molar-refractivity contribution is 9.10. The van der Waals surface area contributed by atoms with E-state index in [0.717, 1.165) is 26.9 Å². The fourth-order valence-corrected chi connectivity index (χ4v) is 5.15. The first kappa shape index (κ1) is 21.4. The Morgan fingerprint density at radius 3 is 2.76 bits per heavy atom. The summed E-state index contributed by atoms with van der Waals surface area (Å²) in [5.74, 6) is 2.16. The number of hydrogen-bond acceptors (Lipinski definition) is 6. The van der Waals surface area contributed by atoms with E-state index in [4.69, 9.17) is 18.9 Å². The van der Waals surface area contributed by atoms with Gasteiger partial charge in [-0.05, 0) is 42.8 Å². The topological polar surface area (TPSA) is 57.2 Å². The molecule has 3 aliphatic rings. The fraction of sp³-hybridized carbons (Fsp3) is 0.222. The summed E-state index contributed by atoms with van der Waals surface area (Å²) in [4.78, 5) is 15.5. The zero-order chi connectivity index (χ0) is 23.2. The molecule has 1 unspecified atom stereocenters. The minimum absolute atomic E-state index is 0.146. The molecule has 34 heavy (non-hydrogen) atoms. The maximum Gasteiger partial charge on any atom is 0.231 e. The average molecular weight is 520 g/mol. The first-order valence-electron chi connectivity index (χ1n) is 11.1. The Balaban J connectivity index is 1.33. The molecule has 7 heteroatoms. The highest BCUT2D eigenvalue weighted by Gasteiger charge is 2.35. The van der Waals surface area contributed by atoms with Gasteiger partial charge in [0.15, 0.2) is 12.6 Å². The molecule has 6 rings (SSSR count). The van der Waals surface area contributed by atoms with Crippen LogP contribution in [0.3, 0.4) is 0 Å². The van der Waals surface area contributed by atoms with Crippen LogP contribution in [0.1, 0.15) is 45.6 Å². The van der Waals surface area contributed by atoms with Crippen LogP contribution in [0, 0.1) is 0 Å². The molecule has 3 aromatic carbocycles. The number of halogens is 1. The van der Waals surface area contributed by atoms with Crippen molar-refractivity contribution in [2.45, 2.75) is 26.1 Å². The number of ketones is 1. The second-order valence-electron chi connectivity index (χ2n) is 8.56. The molecule has 6 nitrogen and oxygen atoms in total. The molecule has 3 heterocycles. The third-order valence-electron chi connectivity index (χ3n) is 6.46. The summed E-state index contributed by atoms with van der Waals surface area (Å²) in [5.41, 5.74) is 4.35. The molecular formula is C27H22BrNO5. The van der Waals surface area contributed by atoms with Crippen LogP contribution >= 0.6 is 15.9 Å². The largest absolute Gasteiger partial charge is 0.478 e. The number of ether oxygens (including phenoxy) is 4. The molecular weight excluding hydrogens is 498 g/mol. The van der Waals surface area contributed by atoms with Gasteiger partial charge in [-0.2, -0.15) is 0 Å². The minimum atomic E-state index is -0.146.